The molecule has 0 aromatic heterocycles. The van der Waals surface area contributed by atoms with Gasteiger partial charge in [0.2, 0.25) is 0 Å². The quantitative estimate of drug-likeness (QED) is 0.767. The summed E-state index contributed by atoms with van der Waals surface area (Å²) < 4.78 is 5.22. The van der Waals surface area contributed by atoms with Crippen molar-refractivity contribution in [3.05, 3.63) is 24.3 Å². The molecule has 0 aliphatic heterocycles. The van der Waals surface area contributed by atoms with Gasteiger partial charge in [0.15, 0.2) is 0 Å². The molecule has 0 bridgehead atoms. The SMILES string of the molecule is COc1ccccc1NCC(C)C. The van der Waals surface area contributed by atoms with Crippen LogP contribution in [0, 0.1) is 5.92 Å². The number of benzene rings is 1. The standard InChI is InChI=1S/C11H17NO/c1-9(2)8-12-10-6-4-5-7-11(10)13-3/h4-7,9,12H,8H2,1-3H3. The van der Waals surface area contributed by atoms with Crippen molar-refractivity contribution in [2.75, 3.05) is 19.0 Å². The third-order valence-corrected chi connectivity index (χ3v) is 1.81. The van der Waals surface area contributed by atoms with Gasteiger partial charge in [-0.3, -0.25) is 0 Å². The second-order valence-electron chi connectivity index (χ2n) is 3.48. The fourth-order valence-corrected chi connectivity index (χ4v) is 1.10. The van der Waals surface area contributed by atoms with Crippen molar-refractivity contribution >= 4 is 5.69 Å². The summed E-state index contributed by atoms with van der Waals surface area (Å²) in [6, 6.07) is 7.97. The average Bonchev–Trinajstić information content (AvgIpc) is 2.15. The molecule has 1 rings (SSSR count). The minimum atomic E-state index is 0.643. The highest BCUT2D eigenvalue weighted by Gasteiger charge is 2.00. The summed E-state index contributed by atoms with van der Waals surface area (Å²) in [6.45, 7) is 5.34. The summed E-state index contributed by atoms with van der Waals surface area (Å²) in [5.41, 5.74) is 1.07. The van der Waals surface area contributed by atoms with Crippen LogP contribution in [0.5, 0.6) is 5.75 Å². The van der Waals surface area contributed by atoms with Crippen molar-refractivity contribution < 1.29 is 4.74 Å². The molecule has 72 valence electrons. The van der Waals surface area contributed by atoms with Gasteiger partial charge in [0, 0.05) is 6.54 Å². The normalized spacial score (nSPS) is 10.2. The van der Waals surface area contributed by atoms with Crippen LogP contribution >= 0.6 is 0 Å². The molecular weight excluding hydrogens is 162 g/mol. The zero-order valence-electron chi connectivity index (χ0n) is 8.50. The highest BCUT2D eigenvalue weighted by atomic mass is 16.5. The molecule has 0 amide bonds. The molecule has 0 aliphatic rings. The van der Waals surface area contributed by atoms with Crippen LogP contribution in [0.25, 0.3) is 0 Å². The van der Waals surface area contributed by atoms with E-state index in [9.17, 15) is 0 Å². The van der Waals surface area contributed by atoms with Crippen molar-refractivity contribution in [3.63, 3.8) is 0 Å². The summed E-state index contributed by atoms with van der Waals surface area (Å²) in [7, 11) is 1.69. The molecule has 1 N–H and O–H groups in total. The fraction of sp³-hybridized carbons (Fsp3) is 0.455. The molecule has 0 saturated heterocycles. The Kier molecular flexibility index (Phi) is 3.62. The summed E-state index contributed by atoms with van der Waals surface area (Å²) in [5.74, 6) is 1.55. The molecule has 0 saturated carbocycles. The highest BCUT2D eigenvalue weighted by molar-refractivity contribution is 5.55. The van der Waals surface area contributed by atoms with E-state index in [-0.39, 0.29) is 0 Å². The molecule has 0 radical (unpaired) electrons. The van der Waals surface area contributed by atoms with Crippen LogP contribution in [0.15, 0.2) is 24.3 Å². The predicted molar refractivity (Wildman–Crippen MR) is 56.3 cm³/mol. The summed E-state index contributed by atoms with van der Waals surface area (Å²) >= 11 is 0. The van der Waals surface area contributed by atoms with Crippen LogP contribution in [0.1, 0.15) is 13.8 Å². The van der Waals surface area contributed by atoms with E-state index in [0.717, 1.165) is 18.0 Å². The topological polar surface area (TPSA) is 21.3 Å². The van der Waals surface area contributed by atoms with Gasteiger partial charge in [0.05, 0.1) is 12.8 Å². The Hall–Kier alpha value is -1.18. The molecule has 0 fully saturated rings. The molecule has 13 heavy (non-hydrogen) atoms. The lowest BCUT2D eigenvalue weighted by molar-refractivity contribution is 0.416. The molecule has 0 atom stereocenters. The Bertz CT molecular complexity index is 258. The Morgan fingerprint density at radius 1 is 1.31 bits per heavy atom. The maximum atomic E-state index is 5.22. The predicted octanol–water partition coefficient (Wildman–Crippen LogP) is 2.76. The lowest BCUT2D eigenvalue weighted by Gasteiger charge is -2.12. The number of methoxy groups -OCH3 is 1. The van der Waals surface area contributed by atoms with Crippen molar-refractivity contribution in [3.8, 4) is 5.75 Å². The van der Waals surface area contributed by atoms with E-state index in [4.69, 9.17) is 4.74 Å². The molecule has 0 unspecified atom stereocenters. The fourth-order valence-electron chi connectivity index (χ4n) is 1.10. The number of para-hydroxylation sites is 2. The largest absolute Gasteiger partial charge is 0.495 e. The Labute approximate surface area is 79.9 Å². The van der Waals surface area contributed by atoms with Crippen molar-refractivity contribution in [1.29, 1.82) is 0 Å². The summed E-state index contributed by atoms with van der Waals surface area (Å²) in [6.07, 6.45) is 0. The van der Waals surface area contributed by atoms with Gasteiger partial charge in [-0.25, -0.2) is 0 Å². The molecule has 1 aromatic rings. The monoisotopic (exact) mass is 179 g/mol. The van der Waals surface area contributed by atoms with Gasteiger partial charge in [-0.15, -0.1) is 0 Å². The first-order chi connectivity index (χ1) is 6.24. The first kappa shape index (κ1) is 9.90. The highest BCUT2D eigenvalue weighted by Crippen LogP contribution is 2.22. The minimum absolute atomic E-state index is 0.643. The van der Waals surface area contributed by atoms with E-state index >= 15 is 0 Å². The number of ether oxygens (including phenoxy) is 1. The van der Waals surface area contributed by atoms with Gasteiger partial charge in [-0.2, -0.15) is 0 Å². The van der Waals surface area contributed by atoms with Gasteiger partial charge in [-0.1, -0.05) is 26.0 Å². The molecular formula is C11H17NO. The average molecular weight is 179 g/mol. The summed E-state index contributed by atoms with van der Waals surface area (Å²) in [4.78, 5) is 0. The van der Waals surface area contributed by atoms with Gasteiger partial charge in [-0.05, 0) is 18.1 Å². The number of anilines is 1. The molecule has 0 heterocycles. The van der Waals surface area contributed by atoms with E-state index in [2.05, 4.69) is 19.2 Å². The van der Waals surface area contributed by atoms with E-state index in [1.807, 2.05) is 24.3 Å². The first-order valence-electron chi connectivity index (χ1n) is 4.61. The van der Waals surface area contributed by atoms with Gasteiger partial charge >= 0.3 is 0 Å². The van der Waals surface area contributed by atoms with Crippen LogP contribution in [0.3, 0.4) is 0 Å². The van der Waals surface area contributed by atoms with Crippen molar-refractivity contribution in [1.82, 2.24) is 0 Å². The minimum Gasteiger partial charge on any atom is -0.495 e. The second-order valence-corrected chi connectivity index (χ2v) is 3.48. The second kappa shape index (κ2) is 4.75. The van der Waals surface area contributed by atoms with Crippen LogP contribution in [-0.4, -0.2) is 13.7 Å². The maximum Gasteiger partial charge on any atom is 0.141 e. The van der Waals surface area contributed by atoms with E-state index in [1.54, 1.807) is 7.11 Å². The number of rotatable bonds is 4. The summed E-state index contributed by atoms with van der Waals surface area (Å²) in [5, 5.41) is 3.34. The third-order valence-electron chi connectivity index (χ3n) is 1.81. The smallest absolute Gasteiger partial charge is 0.141 e. The molecule has 2 heteroatoms. The Balaban J connectivity index is 2.64. The number of nitrogens with one attached hydrogen (secondary N) is 1. The third kappa shape index (κ3) is 2.98. The molecule has 0 aliphatic carbocycles. The van der Waals surface area contributed by atoms with Gasteiger partial charge < -0.3 is 10.1 Å². The van der Waals surface area contributed by atoms with E-state index in [1.165, 1.54) is 0 Å². The van der Waals surface area contributed by atoms with Gasteiger partial charge in [0.1, 0.15) is 5.75 Å². The van der Waals surface area contributed by atoms with Crippen molar-refractivity contribution in [2.24, 2.45) is 5.92 Å². The number of hydrogen-bond donors (Lipinski definition) is 1. The molecule has 2 nitrogen and oxygen atoms in total. The molecule has 1 aromatic carbocycles. The zero-order chi connectivity index (χ0) is 9.68. The molecule has 0 spiro atoms. The van der Waals surface area contributed by atoms with Crippen molar-refractivity contribution in [2.45, 2.75) is 13.8 Å². The lowest BCUT2D eigenvalue weighted by atomic mass is 10.2. The van der Waals surface area contributed by atoms with Gasteiger partial charge in [0.25, 0.3) is 0 Å². The lowest BCUT2D eigenvalue weighted by Crippen LogP contribution is -2.08. The first-order valence-corrected chi connectivity index (χ1v) is 4.61. The van der Waals surface area contributed by atoms with Crippen LogP contribution in [-0.2, 0) is 0 Å². The number of hydrogen-bond acceptors (Lipinski definition) is 2. The van der Waals surface area contributed by atoms with Crippen LogP contribution < -0.4 is 10.1 Å². The zero-order valence-corrected chi connectivity index (χ0v) is 8.50. The maximum absolute atomic E-state index is 5.22. The van der Waals surface area contributed by atoms with Crippen LogP contribution in [0.2, 0.25) is 0 Å². The Morgan fingerprint density at radius 2 is 2.00 bits per heavy atom. The van der Waals surface area contributed by atoms with E-state index < -0.39 is 0 Å². The van der Waals surface area contributed by atoms with Crippen LogP contribution in [0.4, 0.5) is 5.69 Å². The van der Waals surface area contributed by atoms with E-state index in [0.29, 0.717) is 5.92 Å². The Morgan fingerprint density at radius 3 is 2.62 bits per heavy atom.